The van der Waals surface area contributed by atoms with Crippen LogP contribution in [0.2, 0.25) is 0 Å². The van der Waals surface area contributed by atoms with E-state index in [0.717, 1.165) is 0 Å². The van der Waals surface area contributed by atoms with E-state index in [2.05, 4.69) is 15.3 Å². The van der Waals surface area contributed by atoms with Crippen molar-refractivity contribution in [3.05, 3.63) is 0 Å². The summed E-state index contributed by atoms with van der Waals surface area (Å²) in [4.78, 5) is 57.5. The summed E-state index contributed by atoms with van der Waals surface area (Å²) in [5.74, 6) is 0.206. The second-order valence-corrected chi connectivity index (χ2v) is 9.77. The van der Waals surface area contributed by atoms with Gasteiger partial charge in [0.15, 0.2) is 6.34 Å². The second kappa shape index (κ2) is 9.95. The third kappa shape index (κ3) is 7.98. The van der Waals surface area contributed by atoms with Crippen LogP contribution in [0.5, 0.6) is 0 Å². The number of rotatable bonds is 12. The van der Waals surface area contributed by atoms with Gasteiger partial charge in [-0.15, -0.1) is 4.99 Å². The zero-order chi connectivity index (χ0) is 20.8. The summed E-state index contributed by atoms with van der Waals surface area (Å²) in [7, 11) is -8.30. The predicted octanol–water partition coefficient (Wildman–Crippen LogP) is -2.36. The van der Waals surface area contributed by atoms with Crippen LogP contribution >= 0.6 is 15.2 Å². The zero-order valence-electron chi connectivity index (χ0n) is 15.0. The molecule has 2 aliphatic rings. The highest BCUT2D eigenvalue weighted by Gasteiger charge is 2.38. The highest BCUT2D eigenvalue weighted by Crippen LogP contribution is 2.34. The minimum Gasteiger partial charge on any atom is -0.379 e. The van der Waals surface area contributed by atoms with Crippen LogP contribution in [-0.4, -0.2) is 111 Å². The Morgan fingerprint density at radius 1 is 1.11 bits per heavy atom. The first kappa shape index (κ1) is 23.0. The predicted molar refractivity (Wildman–Crippen MR) is 100 cm³/mol. The first-order chi connectivity index (χ1) is 13.1. The topological polar surface area (TPSA) is 184 Å². The Labute approximate surface area is 161 Å². The van der Waals surface area contributed by atoms with Crippen molar-refractivity contribution in [2.45, 2.75) is 6.04 Å². The van der Waals surface area contributed by atoms with Gasteiger partial charge in [0.1, 0.15) is 0 Å². The third-order valence-electron chi connectivity index (χ3n) is 3.99. The van der Waals surface area contributed by atoms with Crippen molar-refractivity contribution in [1.82, 2.24) is 10.2 Å². The van der Waals surface area contributed by atoms with E-state index < -0.39 is 21.2 Å². The van der Waals surface area contributed by atoms with Gasteiger partial charge in [0.25, 0.3) is 17.8 Å². The molecule has 2 rings (SSSR count). The molecule has 0 fully saturated rings. The summed E-state index contributed by atoms with van der Waals surface area (Å²) < 4.78 is 28.8. The van der Waals surface area contributed by atoms with Gasteiger partial charge in [-0.05, 0) is 0 Å². The maximum atomic E-state index is 11.7. The Balaban J connectivity index is 1.87. The standard InChI is InChI=1S/C13H23N5O8P2/c19-13-11-12(14-9-15-13)18(10-16-11)2-1-17(4-7-27(20,21)22)3-5-26-6-8-28(23,24)25/h9-11H,1-8H2,(H4,20,21,22,23,24,25)/p+1. The number of carbonyl (C=O) groups is 1. The quantitative estimate of drug-likeness (QED) is 0.126. The van der Waals surface area contributed by atoms with Crippen molar-refractivity contribution in [3.8, 4) is 0 Å². The molecule has 158 valence electrons. The van der Waals surface area contributed by atoms with Crippen LogP contribution in [-0.2, 0) is 18.7 Å². The van der Waals surface area contributed by atoms with E-state index in [0.29, 0.717) is 25.5 Å². The monoisotopic (exact) mass is 440 g/mol. The number of ether oxygens (including phenoxy) is 1. The van der Waals surface area contributed by atoms with E-state index in [4.69, 9.17) is 24.3 Å². The van der Waals surface area contributed by atoms with Gasteiger partial charge in [-0.2, -0.15) is 0 Å². The maximum absolute atomic E-state index is 11.7. The fraction of sp³-hybridized carbons (Fsp3) is 0.692. The third-order valence-corrected chi connectivity index (χ3v) is 5.54. The van der Waals surface area contributed by atoms with E-state index in [-0.39, 0.29) is 38.0 Å². The molecule has 1 unspecified atom stereocenters. The van der Waals surface area contributed by atoms with E-state index in [1.165, 1.54) is 12.7 Å². The number of amidine groups is 1. The number of aliphatic imine (C=N–C) groups is 2. The number of fused-ring (bicyclic) bond motifs is 1. The van der Waals surface area contributed by atoms with Crippen LogP contribution in [0.25, 0.3) is 0 Å². The normalized spacial score (nSPS) is 19.5. The largest absolute Gasteiger partial charge is 0.379 e. The summed E-state index contributed by atoms with van der Waals surface area (Å²) in [5, 5.41) is 2.47. The molecule has 1 amide bonds. The summed E-state index contributed by atoms with van der Waals surface area (Å²) >= 11 is 0. The summed E-state index contributed by atoms with van der Waals surface area (Å²) in [6.07, 6.45) is 2.07. The molecule has 0 aromatic carbocycles. The lowest BCUT2D eigenvalue weighted by Gasteiger charge is -2.22. The Morgan fingerprint density at radius 2 is 1.82 bits per heavy atom. The molecule has 1 atom stereocenters. The first-order valence-electron chi connectivity index (χ1n) is 8.44. The number of carbonyl (C=O) groups excluding carboxylic acids is 1. The van der Waals surface area contributed by atoms with Gasteiger partial charge in [0.2, 0.25) is 6.34 Å². The van der Waals surface area contributed by atoms with E-state index >= 15 is 0 Å². The van der Waals surface area contributed by atoms with Crippen LogP contribution in [0.4, 0.5) is 0 Å². The highest BCUT2D eigenvalue weighted by molar-refractivity contribution is 7.52. The van der Waals surface area contributed by atoms with Crippen LogP contribution < -0.4 is 5.32 Å². The summed E-state index contributed by atoms with van der Waals surface area (Å²) in [6.45, 7) is 1.24. The van der Waals surface area contributed by atoms with Crippen molar-refractivity contribution in [2.24, 2.45) is 9.98 Å². The lowest BCUT2D eigenvalue weighted by molar-refractivity contribution is -0.397. The molecule has 0 aliphatic carbocycles. The molecular formula is C13H24N5O8P2+. The number of nitrogens with zero attached hydrogens (tertiary/aromatic N) is 4. The van der Waals surface area contributed by atoms with Crippen LogP contribution in [0.3, 0.4) is 0 Å². The highest BCUT2D eigenvalue weighted by atomic mass is 31.2. The minimum absolute atomic E-state index is 0.111. The van der Waals surface area contributed by atoms with Gasteiger partial charge in [0, 0.05) is 19.6 Å². The lowest BCUT2D eigenvalue weighted by Crippen LogP contribution is -2.43. The fourth-order valence-corrected chi connectivity index (χ4v) is 3.42. The molecule has 15 heteroatoms. The molecule has 2 heterocycles. The molecule has 28 heavy (non-hydrogen) atoms. The molecule has 0 bridgehead atoms. The molecule has 0 saturated carbocycles. The van der Waals surface area contributed by atoms with Crippen LogP contribution in [0.15, 0.2) is 9.98 Å². The Bertz CT molecular complexity index is 758. The van der Waals surface area contributed by atoms with Crippen molar-refractivity contribution in [3.63, 3.8) is 0 Å². The Kier molecular flexibility index (Phi) is 8.17. The number of nitrogens with one attached hydrogen (secondary N) is 1. The minimum atomic E-state index is -4.17. The second-order valence-electron chi connectivity index (χ2n) is 6.22. The lowest BCUT2D eigenvalue weighted by atomic mass is 10.2. The molecule has 5 N–H and O–H groups in total. The van der Waals surface area contributed by atoms with Gasteiger partial charge in [-0.3, -0.25) is 24.1 Å². The van der Waals surface area contributed by atoms with Gasteiger partial charge < -0.3 is 24.3 Å². The number of amides is 1. The average molecular weight is 440 g/mol. The van der Waals surface area contributed by atoms with E-state index in [9.17, 15) is 13.9 Å². The SMILES string of the molecule is O=C1NC=NC2=[N+](CCN(CCOCCP(=O)(O)O)CCP(=O)(O)O)C=NC12. The van der Waals surface area contributed by atoms with Gasteiger partial charge in [-0.1, -0.05) is 4.99 Å². The molecule has 0 saturated heterocycles. The molecular weight excluding hydrogens is 416 g/mol. The first-order valence-corrected chi connectivity index (χ1v) is 12.0. The van der Waals surface area contributed by atoms with E-state index in [1.807, 2.05) is 0 Å². The number of hydrogen-bond acceptors (Lipinski definition) is 7. The Morgan fingerprint density at radius 3 is 2.50 bits per heavy atom. The number of hydrogen-bond donors (Lipinski definition) is 5. The summed E-state index contributed by atoms with van der Waals surface area (Å²) in [6, 6.07) is -0.690. The van der Waals surface area contributed by atoms with E-state index in [1.54, 1.807) is 9.48 Å². The van der Waals surface area contributed by atoms with Crippen LogP contribution in [0, 0.1) is 0 Å². The average Bonchev–Trinajstić information content (AvgIpc) is 2.99. The van der Waals surface area contributed by atoms with Crippen molar-refractivity contribution in [1.29, 1.82) is 0 Å². The van der Waals surface area contributed by atoms with Crippen molar-refractivity contribution in [2.75, 3.05) is 51.7 Å². The van der Waals surface area contributed by atoms with Gasteiger partial charge in [-0.25, -0.2) is 4.58 Å². The molecule has 13 nitrogen and oxygen atoms in total. The zero-order valence-corrected chi connectivity index (χ0v) is 16.8. The molecule has 2 aliphatic heterocycles. The van der Waals surface area contributed by atoms with Crippen LogP contribution in [0.1, 0.15) is 0 Å². The van der Waals surface area contributed by atoms with Crippen molar-refractivity contribution >= 4 is 39.6 Å². The van der Waals surface area contributed by atoms with Gasteiger partial charge in [0.05, 0.1) is 32.1 Å². The van der Waals surface area contributed by atoms with Crippen molar-refractivity contribution < 1.29 is 42.8 Å². The molecule has 0 aromatic heterocycles. The maximum Gasteiger partial charge on any atom is 0.327 e. The molecule has 0 spiro atoms. The molecule has 0 aromatic rings. The van der Waals surface area contributed by atoms with Gasteiger partial charge >= 0.3 is 15.2 Å². The smallest absolute Gasteiger partial charge is 0.327 e. The Hall–Kier alpha value is -1.30. The molecule has 0 radical (unpaired) electrons. The summed E-state index contributed by atoms with van der Waals surface area (Å²) in [5.41, 5.74) is 0. The fourth-order valence-electron chi connectivity index (χ4n) is 2.51.